The Morgan fingerprint density at radius 2 is 1.89 bits per heavy atom. The van der Waals surface area contributed by atoms with Crippen LogP contribution in [0.1, 0.15) is 70.9 Å². The lowest BCUT2D eigenvalue weighted by atomic mass is 9.89. The molecule has 0 N–H and O–H groups in total. The van der Waals surface area contributed by atoms with E-state index < -0.39 is 5.60 Å². The van der Waals surface area contributed by atoms with Crippen molar-refractivity contribution >= 4 is 11.7 Å². The largest absolute Gasteiger partial charge is 0.444 e. The third-order valence-electron chi connectivity index (χ3n) is 5.45. The van der Waals surface area contributed by atoms with Gasteiger partial charge in [0, 0.05) is 0 Å². The molecule has 2 aliphatic heterocycles. The summed E-state index contributed by atoms with van der Waals surface area (Å²) in [6.45, 7) is 9.08. The molecule has 4 heteroatoms. The van der Waals surface area contributed by atoms with Crippen molar-refractivity contribution < 1.29 is 14.3 Å². The molecule has 2 heterocycles. The number of aryl methyl sites for hydroxylation is 1. The molecule has 1 aromatic rings. The van der Waals surface area contributed by atoms with Gasteiger partial charge in [0.15, 0.2) is 0 Å². The first kappa shape index (κ1) is 20.9. The minimum atomic E-state index is -0.483. The van der Waals surface area contributed by atoms with Gasteiger partial charge in [0.25, 0.3) is 0 Å². The summed E-state index contributed by atoms with van der Waals surface area (Å²) in [5.74, 6) is 0. The Kier molecular flexibility index (Phi) is 6.82. The fourth-order valence-electron chi connectivity index (χ4n) is 4.05. The number of rotatable bonds is 6. The smallest absolute Gasteiger partial charge is 0.411 e. The van der Waals surface area contributed by atoms with Gasteiger partial charge >= 0.3 is 6.09 Å². The number of fused-ring (bicyclic) bond motifs is 2. The molecule has 0 radical (unpaired) electrons. The minimum Gasteiger partial charge on any atom is -0.444 e. The maximum absolute atomic E-state index is 12.7. The number of hydrogen-bond acceptors (Lipinski definition) is 3. The van der Waals surface area contributed by atoms with Gasteiger partial charge in [-0.2, -0.15) is 0 Å². The molecule has 1 amide bonds. The van der Waals surface area contributed by atoms with Crippen LogP contribution in [0.4, 0.5) is 4.79 Å². The molecule has 2 aliphatic rings. The molecule has 0 aromatic heterocycles. The molecule has 2 atom stereocenters. The molecule has 154 valence electrons. The average Bonchev–Trinajstić information content (AvgIpc) is 2.63. The second-order valence-electron chi connectivity index (χ2n) is 9.05. The normalized spacial score (nSPS) is 22.0. The van der Waals surface area contributed by atoms with Gasteiger partial charge in [-0.1, -0.05) is 56.5 Å². The van der Waals surface area contributed by atoms with Gasteiger partial charge in [-0.05, 0) is 56.7 Å². The van der Waals surface area contributed by atoms with Crippen molar-refractivity contribution in [1.29, 1.82) is 0 Å². The summed E-state index contributed by atoms with van der Waals surface area (Å²) in [6.07, 6.45) is 9.11. The molecule has 4 nitrogen and oxygen atoms in total. The highest BCUT2D eigenvalue weighted by molar-refractivity contribution is 5.74. The zero-order valence-electron chi connectivity index (χ0n) is 17.9. The molecule has 1 aromatic carbocycles. The zero-order valence-corrected chi connectivity index (χ0v) is 17.9. The van der Waals surface area contributed by atoms with Crippen LogP contribution in [-0.4, -0.2) is 41.9 Å². The Bertz CT molecular complexity index is 687. The van der Waals surface area contributed by atoms with E-state index in [1.165, 1.54) is 42.4 Å². The molecule has 2 bridgehead atoms. The molecule has 28 heavy (non-hydrogen) atoms. The van der Waals surface area contributed by atoms with Crippen LogP contribution in [0.15, 0.2) is 30.3 Å². The first-order chi connectivity index (χ1) is 13.4. The average molecular weight is 386 g/mol. The van der Waals surface area contributed by atoms with Crippen molar-refractivity contribution in [2.24, 2.45) is 0 Å². The monoisotopic (exact) mass is 385 g/mol. The zero-order chi connectivity index (χ0) is 20.1. The highest BCUT2D eigenvalue weighted by Gasteiger charge is 2.40. The van der Waals surface area contributed by atoms with Crippen molar-refractivity contribution in [2.45, 2.75) is 83.9 Å². The first-order valence-electron chi connectivity index (χ1n) is 10.8. The van der Waals surface area contributed by atoms with Crippen LogP contribution in [0.2, 0.25) is 0 Å². The van der Waals surface area contributed by atoms with Gasteiger partial charge < -0.3 is 9.47 Å². The number of unbranched alkanes of at least 4 members (excludes halogenated alkanes) is 3. The van der Waals surface area contributed by atoms with E-state index in [1.807, 2.05) is 25.7 Å². The van der Waals surface area contributed by atoms with E-state index in [4.69, 9.17) is 9.47 Å². The number of benzene rings is 1. The lowest BCUT2D eigenvalue weighted by Gasteiger charge is -2.44. The molecule has 1 fully saturated rings. The Morgan fingerprint density at radius 3 is 2.54 bits per heavy atom. The second kappa shape index (κ2) is 9.13. The van der Waals surface area contributed by atoms with Crippen LogP contribution < -0.4 is 0 Å². The highest BCUT2D eigenvalue weighted by Crippen LogP contribution is 2.33. The third kappa shape index (κ3) is 5.38. The van der Waals surface area contributed by atoms with Gasteiger partial charge in [0.1, 0.15) is 5.60 Å². The van der Waals surface area contributed by atoms with E-state index >= 15 is 0 Å². The van der Waals surface area contributed by atoms with E-state index in [0.717, 1.165) is 12.8 Å². The van der Waals surface area contributed by atoms with Gasteiger partial charge in [-0.25, -0.2) is 4.79 Å². The van der Waals surface area contributed by atoms with Gasteiger partial charge in [0.05, 0.1) is 25.3 Å². The molecule has 3 rings (SSSR count). The predicted octanol–water partition coefficient (Wildman–Crippen LogP) is 5.60. The third-order valence-corrected chi connectivity index (χ3v) is 5.45. The second-order valence-corrected chi connectivity index (χ2v) is 9.05. The lowest BCUT2D eigenvalue weighted by Crippen LogP contribution is -2.57. The number of carbonyl (C=O) groups excluding carboxylic acids is 1. The number of hydrogen-bond donors (Lipinski definition) is 0. The van der Waals surface area contributed by atoms with Crippen LogP contribution in [-0.2, 0) is 15.9 Å². The number of nitrogens with zero attached hydrogens (tertiary/aromatic N) is 1. The lowest BCUT2D eigenvalue weighted by molar-refractivity contribution is -0.0510. The van der Waals surface area contributed by atoms with E-state index in [0.29, 0.717) is 13.2 Å². The molecule has 0 aliphatic carbocycles. The van der Waals surface area contributed by atoms with Crippen LogP contribution in [0.3, 0.4) is 0 Å². The summed E-state index contributed by atoms with van der Waals surface area (Å²) >= 11 is 0. The standard InChI is InChI=1S/C24H35NO3/c1-5-6-7-8-9-18-10-12-19(13-11-18)20-14-21-16-27-17-22(15-20)25(21)23(26)28-24(2,3)4/h10-14,21-22H,5-9,15-17H2,1-4H3. The highest BCUT2D eigenvalue weighted by atomic mass is 16.6. The van der Waals surface area contributed by atoms with Crippen molar-refractivity contribution in [1.82, 2.24) is 4.90 Å². The number of carbonyl (C=O) groups is 1. The topological polar surface area (TPSA) is 38.8 Å². The predicted molar refractivity (Wildman–Crippen MR) is 113 cm³/mol. The quantitative estimate of drug-likeness (QED) is 0.598. The Morgan fingerprint density at radius 1 is 1.14 bits per heavy atom. The van der Waals surface area contributed by atoms with E-state index in [2.05, 4.69) is 37.3 Å². The maximum atomic E-state index is 12.7. The van der Waals surface area contributed by atoms with Crippen LogP contribution >= 0.6 is 0 Å². The fraction of sp³-hybridized carbons (Fsp3) is 0.625. The van der Waals surface area contributed by atoms with Crippen molar-refractivity contribution in [3.63, 3.8) is 0 Å². The molecular weight excluding hydrogens is 350 g/mol. The first-order valence-corrected chi connectivity index (χ1v) is 10.8. The molecule has 0 spiro atoms. The van der Waals surface area contributed by atoms with E-state index in [-0.39, 0.29) is 18.2 Å². The van der Waals surface area contributed by atoms with Crippen LogP contribution in [0, 0.1) is 0 Å². The van der Waals surface area contributed by atoms with Crippen molar-refractivity contribution in [2.75, 3.05) is 13.2 Å². The summed E-state index contributed by atoms with van der Waals surface area (Å²) < 4.78 is 11.3. The molecule has 1 saturated heterocycles. The van der Waals surface area contributed by atoms with Gasteiger partial charge in [0.2, 0.25) is 0 Å². The SMILES string of the molecule is CCCCCCc1ccc(C2=CC3COCC(C2)N3C(=O)OC(C)(C)C)cc1. The summed E-state index contributed by atoms with van der Waals surface area (Å²) in [4.78, 5) is 14.6. The number of ether oxygens (including phenoxy) is 2. The van der Waals surface area contributed by atoms with Crippen molar-refractivity contribution in [3.05, 3.63) is 41.5 Å². The number of morpholine rings is 1. The fourth-order valence-corrected chi connectivity index (χ4v) is 4.05. The summed E-state index contributed by atoms with van der Waals surface area (Å²) in [5.41, 5.74) is 3.51. The Labute approximate surface area is 169 Å². The maximum Gasteiger partial charge on any atom is 0.411 e. The molecule has 2 unspecified atom stereocenters. The summed E-state index contributed by atoms with van der Waals surface area (Å²) in [5, 5.41) is 0. The Balaban J connectivity index is 1.68. The van der Waals surface area contributed by atoms with E-state index in [1.54, 1.807) is 0 Å². The van der Waals surface area contributed by atoms with Crippen molar-refractivity contribution in [3.8, 4) is 0 Å². The minimum absolute atomic E-state index is 0.0438. The van der Waals surface area contributed by atoms with Crippen LogP contribution in [0.25, 0.3) is 5.57 Å². The van der Waals surface area contributed by atoms with Gasteiger partial charge in [-0.15, -0.1) is 0 Å². The van der Waals surface area contributed by atoms with Crippen LogP contribution in [0.5, 0.6) is 0 Å². The molecular formula is C24H35NO3. The Hall–Kier alpha value is -1.81. The van der Waals surface area contributed by atoms with Gasteiger partial charge in [-0.3, -0.25) is 4.90 Å². The number of amides is 1. The summed E-state index contributed by atoms with van der Waals surface area (Å²) in [7, 11) is 0. The molecule has 0 saturated carbocycles. The summed E-state index contributed by atoms with van der Waals surface area (Å²) in [6, 6.07) is 8.98. The van der Waals surface area contributed by atoms with E-state index in [9.17, 15) is 4.79 Å².